The molecule has 0 aliphatic carbocycles. The van der Waals surface area contributed by atoms with Gasteiger partial charge in [0, 0.05) is 28.5 Å². The molecule has 9 heteroatoms. The fraction of sp³-hybridized carbons (Fsp3) is 0.231. The first kappa shape index (κ1) is 26.0. The zero-order valence-corrected chi connectivity index (χ0v) is 20.0. The summed E-state index contributed by atoms with van der Waals surface area (Å²) in [4.78, 5) is 31.2. The van der Waals surface area contributed by atoms with Crippen molar-refractivity contribution in [3.63, 3.8) is 0 Å². The number of nitrogens with one attached hydrogen (secondary N) is 1. The molecule has 3 amide bonds. The summed E-state index contributed by atoms with van der Waals surface area (Å²) in [5.74, 6) is -0.291. The first-order chi connectivity index (χ1) is 16.7. The van der Waals surface area contributed by atoms with E-state index in [9.17, 15) is 22.8 Å². The first-order valence-electron chi connectivity index (χ1n) is 10.9. The molecule has 35 heavy (non-hydrogen) atoms. The van der Waals surface area contributed by atoms with E-state index in [0.29, 0.717) is 13.1 Å². The summed E-state index contributed by atoms with van der Waals surface area (Å²) in [5, 5.41) is 2.46. The fourth-order valence-corrected chi connectivity index (χ4v) is 4.31. The van der Waals surface area contributed by atoms with Crippen LogP contribution in [0.3, 0.4) is 0 Å². The maximum absolute atomic E-state index is 13.3. The number of carbonyl (C=O) groups is 2. The van der Waals surface area contributed by atoms with E-state index < -0.39 is 17.8 Å². The predicted octanol–water partition coefficient (Wildman–Crippen LogP) is 6.32. The number of alkyl halides is 3. The van der Waals surface area contributed by atoms with Gasteiger partial charge < -0.3 is 15.1 Å². The second kappa shape index (κ2) is 11.7. The Morgan fingerprint density at radius 3 is 2.37 bits per heavy atom. The number of urea groups is 1. The van der Waals surface area contributed by atoms with Gasteiger partial charge in [-0.3, -0.25) is 4.79 Å². The van der Waals surface area contributed by atoms with E-state index in [1.807, 2.05) is 49.4 Å². The van der Waals surface area contributed by atoms with Gasteiger partial charge in [0.15, 0.2) is 0 Å². The van der Waals surface area contributed by atoms with Crippen LogP contribution in [0.15, 0.2) is 79.4 Å². The summed E-state index contributed by atoms with van der Waals surface area (Å²) < 4.78 is 39.1. The predicted molar refractivity (Wildman–Crippen MR) is 132 cm³/mol. The molecule has 1 aromatic heterocycles. The number of benzene rings is 2. The third kappa shape index (κ3) is 7.71. The molecule has 3 rings (SSSR count). The van der Waals surface area contributed by atoms with Gasteiger partial charge in [0.2, 0.25) is 5.91 Å². The number of hydrogen-bond donors (Lipinski definition) is 1. The smallest absolute Gasteiger partial charge is 0.332 e. The van der Waals surface area contributed by atoms with Gasteiger partial charge in [-0.25, -0.2) is 4.79 Å². The molecule has 184 valence electrons. The number of halogens is 3. The Kier molecular flexibility index (Phi) is 8.70. The number of carbonyl (C=O) groups excluding carboxylic acids is 2. The minimum Gasteiger partial charge on any atom is -0.332 e. The molecule has 0 spiro atoms. The largest absolute Gasteiger partial charge is 0.416 e. The molecule has 0 atom stereocenters. The van der Waals surface area contributed by atoms with E-state index in [1.54, 1.807) is 16.2 Å². The van der Waals surface area contributed by atoms with Crippen LogP contribution in [0.2, 0.25) is 0 Å². The number of rotatable bonds is 9. The van der Waals surface area contributed by atoms with Crippen LogP contribution in [0, 0.1) is 6.92 Å². The molecule has 0 bridgehead atoms. The van der Waals surface area contributed by atoms with Crippen molar-refractivity contribution in [1.82, 2.24) is 9.80 Å². The second-order valence-corrected chi connectivity index (χ2v) is 9.30. The maximum Gasteiger partial charge on any atom is 0.416 e. The lowest BCUT2D eigenvalue weighted by molar-refractivity contribution is -0.137. The van der Waals surface area contributed by atoms with Crippen LogP contribution < -0.4 is 5.32 Å². The standard InChI is InChI=1S/C26H26F3N3O2S/c1-3-14-31(25(34)30-22-11-7-10-21(15-22)26(27,28)29)18-24(33)32(16-20-8-5-4-6-9-20)17-23-13-12-19(2)35-23/h3-13,15H,1,14,16-18H2,2H3,(H,30,34). The Hall–Kier alpha value is -3.59. The van der Waals surface area contributed by atoms with Crippen molar-refractivity contribution < 1.29 is 22.8 Å². The number of anilines is 1. The molecule has 0 radical (unpaired) electrons. The Labute approximate surface area is 206 Å². The normalized spacial score (nSPS) is 11.1. The third-order valence-electron chi connectivity index (χ3n) is 5.12. The Morgan fingerprint density at radius 2 is 1.74 bits per heavy atom. The molecule has 5 nitrogen and oxygen atoms in total. The molecule has 0 unspecified atom stereocenters. The summed E-state index contributed by atoms with van der Waals surface area (Å²) in [7, 11) is 0. The summed E-state index contributed by atoms with van der Waals surface area (Å²) >= 11 is 1.59. The molecular weight excluding hydrogens is 475 g/mol. The van der Waals surface area contributed by atoms with Gasteiger partial charge in [-0.2, -0.15) is 13.2 Å². The molecule has 2 aromatic carbocycles. The van der Waals surface area contributed by atoms with E-state index in [2.05, 4.69) is 11.9 Å². The SMILES string of the molecule is C=CCN(CC(=O)N(Cc1ccccc1)Cc1ccc(C)s1)C(=O)Nc1cccc(C(F)(F)F)c1. The number of thiophene rings is 1. The molecule has 1 N–H and O–H groups in total. The summed E-state index contributed by atoms with van der Waals surface area (Å²) in [5.41, 5.74) is 0.0567. The highest BCUT2D eigenvalue weighted by atomic mass is 32.1. The van der Waals surface area contributed by atoms with Gasteiger partial charge in [0.05, 0.1) is 12.1 Å². The van der Waals surface area contributed by atoms with Crippen molar-refractivity contribution in [2.75, 3.05) is 18.4 Å². The average molecular weight is 502 g/mol. The highest BCUT2D eigenvalue weighted by Crippen LogP contribution is 2.30. The van der Waals surface area contributed by atoms with Crippen molar-refractivity contribution in [2.45, 2.75) is 26.2 Å². The number of aryl methyl sites for hydroxylation is 1. The molecular formula is C26H26F3N3O2S. The van der Waals surface area contributed by atoms with Gasteiger partial charge in [-0.15, -0.1) is 17.9 Å². The first-order valence-corrected chi connectivity index (χ1v) is 11.7. The van der Waals surface area contributed by atoms with Gasteiger partial charge in [0.1, 0.15) is 6.54 Å². The molecule has 1 heterocycles. The van der Waals surface area contributed by atoms with E-state index in [-0.39, 0.29) is 24.7 Å². The van der Waals surface area contributed by atoms with Crippen LogP contribution in [0.25, 0.3) is 0 Å². The summed E-state index contributed by atoms with van der Waals surface area (Å²) in [6.07, 6.45) is -3.07. The zero-order chi connectivity index (χ0) is 25.4. The lowest BCUT2D eigenvalue weighted by Crippen LogP contribution is -2.44. The molecule has 0 aliphatic heterocycles. The maximum atomic E-state index is 13.3. The molecule has 3 aromatic rings. The van der Waals surface area contributed by atoms with Crippen molar-refractivity contribution in [1.29, 1.82) is 0 Å². The fourth-order valence-electron chi connectivity index (χ4n) is 3.41. The monoisotopic (exact) mass is 501 g/mol. The Bertz CT molecular complexity index is 1160. The quantitative estimate of drug-likeness (QED) is 0.349. The van der Waals surface area contributed by atoms with Gasteiger partial charge in [0.25, 0.3) is 0 Å². The van der Waals surface area contributed by atoms with Crippen molar-refractivity contribution in [3.8, 4) is 0 Å². The van der Waals surface area contributed by atoms with Crippen LogP contribution in [-0.2, 0) is 24.1 Å². The van der Waals surface area contributed by atoms with Crippen LogP contribution in [0.1, 0.15) is 20.9 Å². The van der Waals surface area contributed by atoms with Gasteiger partial charge in [-0.1, -0.05) is 42.5 Å². The van der Waals surface area contributed by atoms with Crippen molar-refractivity contribution in [2.24, 2.45) is 0 Å². The van der Waals surface area contributed by atoms with E-state index in [1.165, 1.54) is 23.1 Å². The average Bonchev–Trinajstić information content (AvgIpc) is 3.23. The molecule has 0 fully saturated rings. The summed E-state index contributed by atoms with van der Waals surface area (Å²) in [6.45, 7) is 6.15. The van der Waals surface area contributed by atoms with Crippen LogP contribution >= 0.6 is 11.3 Å². The van der Waals surface area contributed by atoms with Crippen molar-refractivity contribution in [3.05, 3.63) is 100 Å². The molecule has 0 aliphatic rings. The van der Waals surface area contributed by atoms with Crippen LogP contribution in [0.5, 0.6) is 0 Å². The molecule has 0 saturated carbocycles. The third-order valence-corrected chi connectivity index (χ3v) is 6.10. The highest BCUT2D eigenvalue weighted by Gasteiger charge is 2.30. The van der Waals surface area contributed by atoms with Crippen molar-refractivity contribution >= 4 is 29.0 Å². The molecule has 0 saturated heterocycles. The van der Waals surface area contributed by atoms with E-state index >= 15 is 0 Å². The number of nitrogens with zero attached hydrogens (tertiary/aromatic N) is 2. The highest BCUT2D eigenvalue weighted by molar-refractivity contribution is 7.11. The lowest BCUT2D eigenvalue weighted by Gasteiger charge is -2.27. The van der Waals surface area contributed by atoms with Gasteiger partial charge in [-0.05, 0) is 42.8 Å². The minimum absolute atomic E-state index is 0.0125. The lowest BCUT2D eigenvalue weighted by atomic mass is 10.2. The van der Waals surface area contributed by atoms with E-state index in [4.69, 9.17) is 0 Å². The Balaban J connectivity index is 1.75. The minimum atomic E-state index is -4.53. The van der Waals surface area contributed by atoms with E-state index in [0.717, 1.165) is 27.5 Å². The number of amides is 3. The Morgan fingerprint density at radius 1 is 1.00 bits per heavy atom. The zero-order valence-electron chi connectivity index (χ0n) is 19.2. The topological polar surface area (TPSA) is 52.7 Å². The van der Waals surface area contributed by atoms with Crippen LogP contribution in [-0.4, -0.2) is 34.8 Å². The second-order valence-electron chi connectivity index (χ2n) is 7.93. The summed E-state index contributed by atoms with van der Waals surface area (Å²) in [6, 6.07) is 17.1. The number of hydrogen-bond acceptors (Lipinski definition) is 3. The van der Waals surface area contributed by atoms with Crippen LogP contribution in [0.4, 0.5) is 23.7 Å². The van der Waals surface area contributed by atoms with Gasteiger partial charge >= 0.3 is 12.2 Å².